The first-order valence-electron chi connectivity index (χ1n) is 8.58. The molecule has 0 saturated carbocycles. The van der Waals surface area contributed by atoms with Crippen LogP contribution < -0.4 is 16.0 Å². The summed E-state index contributed by atoms with van der Waals surface area (Å²) in [4.78, 5) is 22.3. The number of rotatable bonds is 3. The average molecular weight is 437 g/mol. The van der Waals surface area contributed by atoms with Gasteiger partial charge in [0.1, 0.15) is 5.65 Å². The fourth-order valence-corrected chi connectivity index (χ4v) is 3.40. The standard InChI is InChI=1S/C21H17BrN4O2/c1-12-3-9-16-19(23)18(13-4-10-17(28-2)24-11-13)21(27)26(20(16)25-12)15-7-5-14(22)6-8-15/h3-11H,23H2,1-2H3. The minimum Gasteiger partial charge on any atom is -0.481 e. The third-order valence-corrected chi connectivity index (χ3v) is 5.05. The number of hydrogen-bond donors (Lipinski definition) is 1. The maximum absolute atomic E-state index is 13.5. The number of ether oxygens (including phenoxy) is 1. The minimum absolute atomic E-state index is 0.252. The number of nitrogen functional groups attached to an aromatic ring is 1. The van der Waals surface area contributed by atoms with Gasteiger partial charge in [-0.3, -0.25) is 9.36 Å². The van der Waals surface area contributed by atoms with Crippen LogP contribution in [-0.4, -0.2) is 21.6 Å². The minimum atomic E-state index is -0.252. The zero-order valence-electron chi connectivity index (χ0n) is 15.3. The van der Waals surface area contributed by atoms with Crippen molar-refractivity contribution in [2.45, 2.75) is 6.92 Å². The molecule has 0 aliphatic rings. The van der Waals surface area contributed by atoms with E-state index in [1.807, 2.05) is 43.3 Å². The summed E-state index contributed by atoms with van der Waals surface area (Å²) in [5.41, 5.74) is 9.59. The molecule has 28 heavy (non-hydrogen) atoms. The van der Waals surface area contributed by atoms with E-state index in [9.17, 15) is 4.79 Å². The van der Waals surface area contributed by atoms with Crippen LogP contribution in [0.1, 0.15) is 5.69 Å². The van der Waals surface area contributed by atoms with Gasteiger partial charge in [-0.25, -0.2) is 9.97 Å². The molecule has 0 unspecified atom stereocenters. The van der Waals surface area contributed by atoms with Crippen molar-refractivity contribution in [3.63, 3.8) is 0 Å². The van der Waals surface area contributed by atoms with Crippen LogP contribution in [0.25, 0.3) is 27.8 Å². The number of halogens is 1. The predicted molar refractivity (Wildman–Crippen MR) is 114 cm³/mol. The number of nitrogens with zero attached hydrogens (tertiary/aromatic N) is 3. The van der Waals surface area contributed by atoms with E-state index >= 15 is 0 Å². The van der Waals surface area contributed by atoms with Crippen molar-refractivity contribution in [2.24, 2.45) is 0 Å². The van der Waals surface area contributed by atoms with Crippen LogP contribution >= 0.6 is 15.9 Å². The Balaban J connectivity index is 2.10. The number of methoxy groups -OCH3 is 1. The van der Waals surface area contributed by atoms with Crippen LogP contribution in [0.4, 0.5) is 5.69 Å². The lowest BCUT2D eigenvalue weighted by atomic mass is 10.0. The Labute approximate surface area is 169 Å². The number of pyridine rings is 3. The van der Waals surface area contributed by atoms with Crippen LogP contribution in [0.5, 0.6) is 5.88 Å². The lowest BCUT2D eigenvalue weighted by Crippen LogP contribution is -2.23. The van der Waals surface area contributed by atoms with E-state index in [2.05, 4.69) is 25.9 Å². The molecule has 0 fully saturated rings. The Morgan fingerprint density at radius 1 is 1.07 bits per heavy atom. The molecule has 1 aromatic carbocycles. The van der Waals surface area contributed by atoms with Gasteiger partial charge in [0.25, 0.3) is 5.56 Å². The van der Waals surface area contributed by atoms with E-state index in [4.69, 9.17) is 10.5 Å². The second-order valence-corrected chi connectivity index (χ2v) is 7.23. The van der Waals surface area contributed by atoms with E-state index in [1.165, 1.54) is 0 Å². The first-order chi connectivity index (χ1) is 13.5. The summed E-state index contributed by atoms with van der Waals surface area (Å²) in [7, 11) is 1.54. The molecule has 6 nitrogen and oxygen atoms in total. The zero-order chi connectivity index (χ0) is 19.8. The largest absolute Gasteiger partial charge is 0.481 e. The number of benzene rings is 1. The Bertz CT molecular complexity index is 1230. The van der Waals surface area contributed by atoms with Crippen LogP contribution in [0.3, 0.4) is 0 Å². The van der Waals surface area contributed by atoms with Gasteiger partial charge in [0.15, 0.2) is 0 Å². The van der Waals surface area contributed by atoms with Crippen molar-refractivity contribution in [1.29, 1.82) is 0 Å². The third-order valence-electron chi connectivity index (χ3n) is 4.52. The van der Waals surface area contributed by atoms with Gasteiger partial charge in [0.2, 0.25) is 5.88 Å². The molecule has 0 amide bonds. The van der Waals surface area contributed by atoms with E-state index in [-0.39, 0.29) is 5.56 Å². The number of aryl methyl sites for hydroxylation is 1. The van der Waals surface area contributed by atoms with Crippen molar-refractivity contribution in [3.8, 4) is 22.7 Å². The van der Waals surface area contributed by atoms with Crippen LogP contribution in [0.2, 0.25) is 0 Å². The van der Waals surface area contributed by atoms with Gasteiger partial charge in [-0.1, -0.05) is 15.9 Å². The summed E-state index contributed by atoms with van der Waals surface area (Å²) in [6.07, 6.45) is 1.59. The maximum atomic E-state index is 13.5. The van der Waals surface area contributed by atoms with E-state index in [1.54, 1.807) is 30.0 Å². The Hall–Kier alpha value is -3.19. The molecule has 4 aromatic rings. The zero-order valence-corrected chi connectivity index (χ0v) is 16.9. The van der Waals surface area contributed by atoms with Gasteiger partial charge in [-0.05, 0) is 49.4 Å². The van der Waals surface area contributed by atoms with E-state index in [0.29, 0.717) is 39.4 Å². The van der Waals surface area contributed by atoms with Crippen molar-refractivity contribution < 1.29 is 4.74 Å². The molecular formula is C21H17BrN4O2. The highest BCUT2D eigenvalue weighted by molar-refractivity contribution is 9.10. The molecule has 3 aromatic heterocycles. The smallest absolute Gasteiger partial charge is 0.266 e. The molecule has 0 aliphatic carbocycles. The second-order valence-electron chi connectivity index (χ2n) is 6.32. The summed E-state index contributed by atoms with van der Waals surface area (Å²) in [5.74, 6) is 0.466. The topological polar surface area (TPSA) is 83.0 Å². The number of hydrogen-bond acceptors (Lipinski definition) is 5. The first kappa shape index (κ1) is 18.2. The lowest BCUT2D eigenvalue weighted by molar-refractivity contribution is 0.398. The van der Waals surface area contributed by atoms with Crippen molar-refractivity contribution >= 4 is 32.7 Å². The van der Waals surface area contributed by atoms with Gasteiger partial charge in [0.05, 0.1) is 24.0 Å². The van der Waals surface area contributed by atoms with Crippen LogP contribution in [-0.2, 0) is 0 Å². The maximum Gasteiger partial charge on any atom is 0.266 e. The molecule has 3 heterocycles. The van der Waals surface area contributed by atoms with Crippen molar-refractivity contribution in [1.82, 2.24) is 14.5 Å². The SMILES string of the molecule is COc1ccc(-c2c(N)c3ccc(C)nc3n(-c3ccc(Br)cc3)c2=O)cn1. The molecule has 4 rings (SSSR count). The first-order valence-corrected chi connectivity index (χ1v) is 9.37. The van der Waals surface area contributed by atoms with Crippen LogP contribution in [0, 0.1) is 6.92 Å². The molecule has 7 heteroatoms. The number of aromatic nitrogens is 3. The summed E-state index contributed by atoms with van der Waals surface area (Å²) in [6.45, 7) is 1.88. The van der Waals surface area contributed by atoms with Crippen molar-refractivity contribution in [2.75, 3.05) is 12.8 Å². The van der Waals surface area contributed by atoms with Gasteiger partial charge >= 0.3 is 0 Å². The molecule has 2 N–H and O–H groups in total. The molecule has 0 bridgehead atoms. The second kappa shape index (κ2) is 7.09. The third kappa shape index (κ3) is 3.03. The molecule has 0 spiro atoms. The van der Waals surface area contributed by atoms with Crippen molar-refractivity contribution in [3.05, 3.63) is 75.2 Å². The van der Waals surface area contributed by atoms with E-state index in [0.717, 1.165) is 10.2 Å². The van der Waals surface area contributed by atoms with Crippen LogP contribution in [0.15, 0.2) is 64.0 Å². The summed E-state index contributed by atoms with van der Waals surface area (Å²) in [6, 6.07) is 14.7. The van der Waals surface area contributed by atoms with Gasteiger partial charge < -0.3 is 10.5 Å². The summed E-state index contributed by atoms with van der Waals surface area (Å²) in [5, 5.41) is 0.707. The molecule has 140 valence electrons. The monoisotopic (exact) mass is 436 g/mol. The highest BCUT2D eigenvalue weighted by Gasteiger charge is 2.19. The van der Waals surface area contributed by atoms with Gasteiger partial charge in [0, 0.05) is 33.4 Å². The average Bonchev–Trinajstić information content (AvgIpc) is 2.70. The highest BCUT2D eigenvalue weighted by atomic mass is 79.9. The van der Waals surface area contributed by atoms with E-state index < -0.39 is 0 Å². The molecule has 0 radical (unpaired) electrons. The summed E-state index contributed by atoms with van der Waals surface area (Å²) >= 11 is 3.43. The number of anilines is 1. The quantitative estimate of drug-likeness (QED) is 0.522. The Morgan fingerprint density at radius 2 is 1.82 bits per heavy atom. The fourth-order valence-electron chi connectivity index (χ4n) is 3.14. The Kier molecular flexibility index (Phi) is 4.60. The number of nitrogens with two attached hydrogens (primary N) is 1. The molecule has 0 atom stereocenters. The predicted octanol–water partition coefficient (Wildman–Crippen LogP) is 4.11. The summed E-state index contributed by atoms with van der Waals surface area (Å²) < 4.78 is 7.62. The molecular weight excluding hydrogens is 420 g/mol. The fraction of sp³-hybridized carbons (Fsp3) is 0.0952. The molecule has 0 saturated heterocycles. The highest BCUT2D eigenvalue weighted by Crippen LogP contribution is 2.30. The molecule has 0 aliphatic heterocycles. The normalized spacial score (nSPS) is 11.0. The lowest BCUT2D eigenvalue weighted by Gasteiger charge is -2.16. The van der Waals surface area contributed by atoms with Gasteiger partial charge in [-0.15, -0.1) is 0 Å². The Morgan fingerprint density at radius 3 is 2.46 bits per heavy atom. The van der Waals surface area contributed by atoms with Gasteiger partial charge in [-0.2, -0.15) is 0 Å². The number of fused-ring (bicyclic) bond motifs is 1.